The van der Waals surface area contributed by atoms with Gasteiger partial charge in [-0.15, -0.1) is 0 Å². The Morgan fingerprint density at radius 2 is 2.00 bits per heavy atom. The minimum absolute atomic E-state index is 0.118. The van der Waals surface area contributed by atoms with Crippen molar-refractivity contribution in [2.45, 2.75) is 19.4 Å². The lowest BCUT2D eigenvalue weighted by Crippen LogP contribution is -2.08. The summed E-state index contributed by atoms with van der Waals surface area (Å²) >= 11 is 6.03. The summed E-state index contributed by atoms with van der Waals surface area (Å²) in [5.41, 5.74) is 1.65. The number of benzene rings is 1. The number of hydrogen-bond donors (Lipinski definition) is 2. The van der Waals surface area contributed by atoms with Crippen LogP contribution in [0.3, 0.4) is 0 Å². The van der Waals surface area contributed by atoms with Crippen molar-refractivity contribution < 1.29 is 24.3 Å². The molecule has 0 aliphatic carbocycles. The van der Waals surface area contributed by atoms with E-state index in [0.29, 0.717) is 17.2 Å². The predicted molar refractivity (Wildman–Crippen MR) is 94.1 cm³/mol. The Balaban J connectivity index is 0.000000260. The fraction of sp³-hybridized carbons (Fsp3) is 0.176. The lowest BCUT2D eigenvalue weighted by Gasteiger charge is -2.13. The van der Waals surface area contributed by atoms with Crippen LogP contribution >= 0.6 is 11.6 Å². The second kappa shape index (κ2) is 8.82. The van der Waals surface area contributed by atoms with E-state index in [4.69, 9.17) is 26.3 Å². The first kappa shape index (κ1) is 19.2. The highest BCUT2D eigenvalue weighted by molar-refractivity contribution is 6.31. The van der Waals surface area contributed by atoms with Crippen molar-refractivity contribution in [3.8, 4) is 0 Å². The van der Waals surface area contributed by atoms with Crippen molar-refractivity contribution >= 4 is 34.5 Å². The van der Waals surface area contributed by atoms with Gasteiger partial charge >= 0.3 is 11.9 Å². The van der Waals surface area contributed by atoms with Gasteiger partial charge < -0.3 is 19.3 Å². The molecular formula is C17H16ClN3O5. The monoisotopic (exact) mass is 377 g/mol. The molecule has 3 rings (SSSR count). The number of hydrogen-bond acceptors (Lipinski definition) is 5. The van der Waals surface area contributed by atoms with E-state index in [0.717, 1.165) is 23.1 Å². The number of carboxylic acid groups (broad SMARTS) is 2. The lowest BCUT2D eigenvalue weighted by molar-refractivity contribution is -0.134. The zero-order valence-corrected chi connectivity index (χ0v) is 14.5. The Hall–Kier alpha value is -3.13. The quantitative estimate of drug-likeness (QED) is 0.654. The molecule has 0 saturated carbocycles. The van der Waals surface area contributed by atoms with E-state index in [1.54, 1.807) is 18.6 Å². The molecule has 0 fully saturated rings. The van der Waals surface area contributed by atoms with Gasteiger partial charge in [-0.2, -0.15) is 0 Å². The maximum Gasteiger partial charge on any atom is 0.328 e. The Bertz CT molecular complexity index is 902. The summed E-state index contributed by atoms with van der Waals surface area (Å²) in [6, 6.07) is 5.65. The van der Waals surface area contributed by atoms with Crippen LogP contribution in [-0.2, 0) is 9.59 Å². The van der Waals surface area contributed by atoms with Gasteiger partial charge in [0.2, 0.25) is 0 Å². The van der Waals surface area contributed by atoms with E-state index < -0.39 is 11.9 Å². The van der Waals surface area contributed by atoms with E-state index in [1.165, 1.54) is 0 Å². The smallest absolute Gasteiger partial charge is 0.328 e. The van der Waals surface area contributed by atoms with Gasteiger partial charge in [0.15, 0.2) is 5.58 Å². The number of fused-ring (bicyclic) bond motifs is 1. The van der Waals surface area contributed by atoms with Crippen LogP contribution in [0, 0.1) is 0 Å². The zero-order valence-electron chi connectivity index (χ0n) is 13.7. The third-order valence-electron chi connectivity index (χ3n) is 3.42. The summed E-state index contributed by atoms with van der Waals surface area (Å²) < 4.78 is 7.37. The highest BCUT2D eigenvalue weighted by Crippen LogP contribution is 2.30. The van der Waals surface area contributed by atoms with Crippen LogP contribution in [0.4, 0.5) is 0 Å². The number of rotatable bonds is 5. The summed E-state index contributed by atoms with van der Waals surface area (Å²) in [5, 5.41) is 21.5. The standard InChI is InChI=1S/C13H12ClN3O.C4H4O4/c1-2-11(17-6-5-15-8-17)13-10-7-9(14)3-4-12(10)18-16-13;5-3(6)1-2-4(7)8/h3-8,11H,2H2,1H3;1-2H,(H,5,6)(H,7,8)/b;2-1-. The van der Waals surface area contributed by atoms with Gasteiger partial charge in [-0.25, -0.2) is 14.6 Å². The summed E-state index contributed by atoms with van der Waals surface area (Å²) in [4.78, 5) is 23.2. The number of aromatic nitrogens is 3. The maximum absolute atomic E-state index is 9.55. The number of imidazole rings is 1. The molecule has 26 heavy (non-hydrogen) atoms. The first-order chi connectivity index (χ1) is 12.4. The van der Waals surface area contributed by atoms with Gasteiger partial charge in [0, 0.05) is 35.0 Å². The summed E-state index contributed by atoms with van der Waals surface area (Å²) in [6.07, 6.45) is 7.51. The van der Waals surface area contributed by atoms with Crippen LogP contribution in [0.2, 0.25) is 5.02 Å². The molecule has 0 radical (unpaired) electrons. The lowest BCUT2D eigenvalue weighted by atomic mass is 10.1. The molecule has 8 nitrogen and oxygen atoms in total. The van der Waals surface area contributed by atoms with Crippen LogP contribution in [0.15, 0.2) is 53.6 Å². The maximum atomic E-state index is 9.55. The number of nitrogens with zero attached hydrogens (tertiary/aromatic N) is 3. The van der Waals surface area contributed by atoms with Crippen molar-refractivity contribution in [1.29, 1.82) is 0 Å². The van der Waals surface area contributed by atoms with Gasteiger partial charge in [0.1, 0.15) is 5.69 Å². The van der Waals surface area contributed by atoms with Crippen LogP contribution in [0.5, 0.6) is 0 Å². The first-order valence-electron chi connectivity index (χ1n) is 7.58. The summed E-state index contributed by atoms with van der Waals surface area (Å²) in [7, 11) is 0. The van der Waals surface area contributed by atoms with Crippen molar-refractivity contribution in [2.24, 2.45) is 0 Å². The third kappa shape index (κ3) is 4.93. The molecule has 0 amide bonds. The van der Waals surface area contributed by atoms with E-state index >= 15 is 0 Å². The molecule has 0 aliphatic heterocycles. The topological polar surface area (TPSA) is 118 Å². The summed E-state index contributed by atoms with van der Waals surface area (Å²) in [5.74, 6) is -2.51. The van der Waals surface area contributed by atoms with Crippen LogP contribution < -0.4 is 0 Å². The molecule has 0 aliphatic rings. The second-order valence-electron chi connectivity index (χ2n) is 5.15. The average Bonchev–Trinajstić information content (AvgIpc) is 3.25. The van der Waals surface area contributed by atoms with E-state index in [-0.39, 0.29) is 6.04 Å². The van der Waals surface area contributed by atoms with Gasteiger partial charge in [-0.3, -0.25) is 0 Å². The molecule has 2 N–H and O–H groups in total. The molecule has 1 atom stereocenters. The van der Waals surface area contributed by atoms with Crippen LogP contribution in [0.1, 0.15) is 25.1 Å². The van der Waals surface area contributed by atoms with E-state index in [1.807, 2.05) is 22.9 Å². The molecule has 0 bridgehead atoms. The third-order valence-corrected chi connectivity index (χ3v) is 3.65. The summed E-state index contributed by atoms with van der Waals surface area (Å²) in [6.45, 7) is 2.11. The molecule has 3 aromatic rings. The SMILES string of the molecule is CCC(c1noc2ccc(Cl)cc12)n1ccnc1.O=C(O)/C=C\C(=O)O. The molecule has 2 heterocycles. The molecule has 1 aromatic carbocycles. The first-order valence-corrected chi connectivity index (χ1v) is 7.96. The van der Waals surface area contributed by atoms with Crippen LogP contribution in [-0.4, -0.2) is 36.9 Å². The average molecular weight is 378 g/mol. The molecular weight excluding hydrogens is 362 g/mol. The Morgan fingerprint density at radius 1 is 1.31 bits per heavy atom. The Morgan fingerprint density at radius 3 is 2.54 bits per heavy atom. The molecule has 1 unspecified atom stereocenters. The van der Waals surface area contributed by atoms with Gasteiger partial charge in [0.25, 0.3) is 0 Å². The minimum atomic E-state index is -1.26. The fourth-order valence-electron chi connectivity index (χ4n) is 2.31. The zero-order chi connectivity index (χ0) is 19.1. The number of aliphatic carboxylic acids is 2. The predicted octanol–water partition coefficient (Wildman–Crippen LogP) is 3.39. The highest BCUT2D eigenvalue weighted by Gasteiger charge is 2.19. The van der Waals surface area contributed by atoms with Gasteiger partial charge in [0.05, 0.1) is 12.4 Å². The van der Waals surface area contributed by atoms with Crippen molar-refractivity contribution in [1.82, 2.24) is 14.7 Å². The van der Waals surface area contributed by atoms with E-state index in [2.05, 4.69) is 17.1 Å². The number of carboxylic acids is 2. The largest absolute Gasteiger partial charge is 0.478 e. The van der Waals surface area contributed by atoms with Crippen molar-refractivity contribution in [3.63, 3.8) is 0 Å². The van der Waals surface area contributed by atoms with Crippen LogP contribution in [0.25, 0.3) is 11.0 Å². The Labute approximate surface area is 153 Å². The van der Waals surface area contributed by atoms with Crippen molar-refractivity contribution in [3.05, 3.63) is 59.8 Å². The van der Waals surface area contributed by atoms with E-state index in [9.17, 15) is 9.59 Å². The molecule has 2 aromatic heterocycles. The minimum Gasteiger partial charge on any atom is -0.478 e. The fourth-order valence-corrected chi connectivity index (χ4v) is 2.48. The second-order valence-corrected chi connectivity index (χ2v) is 5.59. The molecule has 9 heteroatoms. The normalized spacial score (nSPS) is 11.9. The molecule has 0 saturated heterocycles. The molecule has 0 spiro atoms. The van der Waals surface area contributed by atoms with Gasteiger partial charge in [-0.1, -0.05) is 23.7 Å². The van der Waals surface area contributed by atoms with Crippen molar-refractivity contribution in [2.75, 3.05) is 0 Å². The number of carbonyl (C=O) groups is 2. The highest BCUT2D eigenvalue weighted by atomic mass is 35.5. The number of halogens is 1. The molecule has 136 valence electrons. The Kier molecular flexibility index (Phi) is 6.51. The van der Waals surface area contributed by atoms with Gasteiger partial charge in [-0.05, 0) is 24.6 Å².